The average molecular weight is 298 g/mol. The lowest BCUT2D eigenvalue weighted by Crippen LogP contribution is -2.07. The van der Waals surface area contributed by atoms with Gasteiger partial charge in [0.2, 0.25) is 0 Å². The quantitative estimate of drug-likeness (QED) is 0.719. The first kappa shape index (κ1) is 16.1. The molecule has 3 heteroatoms. The van der Waals surface area contributed by atoms with E-state index in [1.165, 1.54) is 12.1 Å². The van der Waals surface area contributed by atoms with Crippen LogP contribution in [0.5, 0.6) is 0 Å². The molecule has 0 saturated heterocycles. The molecule has 0 aromatic heterocycles. The lowest BCUT2D eigenvalue weighted by atomic mass is 10.00. The molecule has 0 radical (unpaired) electrons. The van der Waals surface area contributed by atoms with Crippen LogP contribution in [-0.2, 0) is 17.6 Å². The van der Waals surface area contributed by atoms with Crippen LogP contribution in [0.1, 0.15) is 41.3 Å². The summed E-state index contributed by atoms with van der Waals surface area (Å²) in [5, 5.41) is 0. The molecule has 0 aliphatic carbocycles. The molecular weight excluding hydrogens is 279 g/mol. The lowest BCUT2D eigenvalue weighted by molar-refractivity contribution is -0.117. The highest BCUT2D eigenvalue weighted by Gasteiger charge is 2.08. The van der Waals surface area contributed by atoms with Crippen LogP contribution in [0.15, 0.2) is 48.5 Å². The third kappa shape index (κ3) is 4.62. The smallest absolute Gasteiger partial charge is 0.162 e. The maximum atomic E-state index is 12.8. The van der Waals surface area contributed by atoms with Crippen LogP contribution in [0.3, 0.4) is 0 Å². The maximum absolute atomic E-state index is 12.8. The minimum absolute atomic E-state index is 0.0687. The number of ketones is 2. The van der Waals surface area contributed by atoms with Crippen LogP contribution in [0.4, 0.5) is 4.39 Å². The van der Waals surface area contributed by atoms with Gasteiger partial charge in [-0.05, 0) is 29.7 Å². The van der Waals surface area contributed by atoms with Crippen molar-refractivity contribution in [1.82, 2.24) is 0 Å². The molecule has 0 bridgehead atoms. The maximum Gasteiger partial charge on any atom is 0.162 e. The Hall–Kier alpha value is -2.29. The molecule has 0 fully saturated rings. The zero-order valence-electron chi connectivity index (χ0n) is 12.6. The van der Waals surface area contributed by atoms with Gasteiger partial charge in [-0.15, -0.1) is 0 Å². The first-order valence-electron chi connectivity index (χ1n) is 7.46. The Kier molecular flexibility index (Phi) is 5.59. The first-order valence-corrected chi connectivity index (χ1v) is 7.46. The molecule has 22 heavy (non-hydrogen) atoms. The van der Waals surface area contributed by atoms with Gasteiger partial charge in [-0.25, -0.2) is 4.39 Å². The average Bonchev–Trinajstić information content (AvgIpc) is 2.50. The van der Waals surface area contributed by atoms with E-state index < -0.39 is 0 Å². The minimum Gasteiger partial charge on any atom is -0.299 e. The SMILES string of the molecule is CCCC(=O)c1ccc(CC(=O)Cc2ccc(F)cc2)cc1. The van der Waals surface area contributed by atoms with E-state index in [0.717, 1.165) is 17.5 Å². The van der Waals surface area contributed by atoms with Crippen molar-refractivity contribution in [2.24, 2.45) is 0 Å². The highest BCUT2D eigenvalue weighted by molar-refractivity contribution is 5.96. The molecule has 0 atom stereocenters. The lowest BCUT2D eigenvalue weighted by Gasteiger charge is -2.04. The summed E-state index contributed by atoms with van der Waals surface area (Å²) in [6.45, 7) is 1.97. The number of halogens is 1. The topological polar surface area (TPSA) is 34.1 Å². The third-order valence-electron chi connectivity index (χ3n) is 3.47. The van der Waals surface area contributed by atoms with E-state index in [1.54, 1.807) is 24.3 Å². The Labute approximate surface area is 130 Å². The molecule has 0 amide bonds. The van der Waals surface area contributed by atoms with E-state index in [9.17, 15) is 14.0 Å². The van der Waals surface area contributed by atoms with Gasteiger partial charge in [0.15, 0.2) is 5.78 Å². The van der Waals surface area contributed by atoms with E-state index in [4.69, 9.17) is 0 Å². The van der Waals surface area contributed by atoms with E-state index in [0.29, 0.717) is 18.4 Å². The number of hydrogen-bond acceptors (Lipinski definition) is 2. The van der Waals surface area contributed by atoms with Crippen molar-refractivity contribution in [3.8, 4) is 0 Å². The summed E-state index contributed by atoms with van der Waals surface area (Å²) >= 11 is 0. The summed E-state index contributed by atoms with van der Waals surface area (Å²) in [6.07, 6.45) is 1.98. The van der Waals surface area contributed by atoms with Gasteiger partial charge in [-0.2, -0.15) is 0 Å². The number of Topliss-reactive ketones (excluding diaryl/α,β-unsaturated/α-hetero) is 2. The molecule has 0 aliphatic heterocycles. The molecule has 2 aromatic rings. The molecule has 2 rings (SSSR count). The molecule has 0 unspecified atom stereocenters. The van der Waals surface area contributed by atoms with E-state index in [2.05, 4.69) is 0 Å². The van der Waals surface area contributed by atoms with Crippen molar-refractivity contribution < 1.29 is 14.0 Å². The highest BCUT2D eigenvalue weighted by Crippen LogP contribution is 2.11. The molecule has 0 saturated carbocycles. The minimum atomic E-state index is -0.302. The van der Waals surface area contributed by atoms with E-state index >= 15 is 0 Å². The summed E-state index contributed by atoms with van der Waals surface area (Å²) in [5.41, 5.74) is 2.39. The summed E-state index contributed by atoms with van der Waals surface area (Å²) < 4.78 is 12.8. The second-order valence-electron chi connectivity index (χ2n) is 5.39. The number of hydrogen-bond donors (Lipinski definition) is 0. The van der Waals surface area contributed by atoms with Crippen molar-refractivity contribution in [3.63, 3.8) is 0 Å². The second-order valence-corrected chi connectivity index (χ2v) is 5.39. The number of carbonyl (C=O) groups is 2. The normalized spacial score (nSPS) is 10.5. The second kappa shape index (κ2) is 7.64. The van der Waals surface area contributed by atoms with Crippen molar-refractivity contribution in [1.29, 1.82) is 0 Å². The molecule has 0 heterocycles. The Morgan fingerprint density at radius 3 is 1.86 bits per heavy atom. The van der Waals surface area contributed by atoms with Gasteiger partial charge >= 0.3 is 0 Å². The zero-order chi connectivity index (χ0) is 15.9. The van der Waals surface area contributed by atoms with Crippen LogP contribution in [0, 0.1) is 5.82 Å². The first-order chi connectivity index (χ1) is 10.6. The van der Waals surface area contributed by atoms with Gasteiger partial charge in [-0.3, -0.25) is 9.59 Å². The molecule has 0 spiro atoms. The Morgan fingerprint density at radius 1 is 0.864 bits per heavy atom. The summed E-state index contributed by atoms with van der Waals surface area (Å²) in [5.74, 6) is -0.102. The number of carbonyl (C=O) groups excluding carboxylic acids is 2. The predicted molar refractivity (Wildman–Crippen MR) is 84.5 cm³/mol. The van der Waals surface area contributed by atoms with Crippen molar-refractivity contribution in [2.75, 3.05) is 0 Å². The molecule has 2 nitrogen and oxygen atoms in total. The van der Waals surface area contributed by atoms with E-state index in [-0.39, 0.29) is 23.8 Å². The summed E-state index contributed by atoms with van der Waals surface area (Å²) in [6, 6.07) is 13.2. The van der Waals surface area contributed by atoms with Gasteiger partial charge in [-0.1, -0.05) is 43.3 Å². The standard InChI is InChI=1S/C19H19FO2/c1-2-3-19(22)16-8-4-14(5-9-16)12-18(21)13-15-6-10-17(20)11-7-15/h4-11H,2-3,12-13H2,1H3. The number of rotatable bonds is 7. The monoisotopic (exact) mass is 298 g/mol. The summed E-state index contributed by atoms with van der Waals surface area (Å²) in [7, 11) is 0. The highest BCUT2D eigenvalue weighted by atomic mass is 19.1. The molecule has 114 valence electrons. The van der Waals surface area contributed by atoms with Crippen LogP contribution in [0.25, 0.3) is 0 Å². The van der Waals surface area contributed by atoms with Crippen LogP contribution in [0.2, 0.25) is 0 Å². The van der Waals surface area contributed by atoms with Gasteiger partial charge < -0.3 is 0 Å². The van der Waals surface area contributed by atoms with Crippen molar-refractivity contribution >= 4 is 11.6 Å². The predicted octanol–water partition coefficient (Wildman–Crippen LogP) is 4.16. The Morgan fingerprint density at radius 2 is 1.36 bits per heavy atom. The van der Waals surface area contributed by atoms with Crippen LogP contribution in [-0.4, -0.2) is 11.6 Å². The summed E-state index contributed by atoms with van der Waals surface area (Å²) in [4.78, 5) is 23.8. The Bertz CT molecular complexity index is 642. The fourth-order valence-corrected chi connectivity index (χ4v) is 2.30. The van der Waals surface area contributed by atoms with Crippen LogP contribution < -0.4 is 0 Å². The zero-order valence-corrected chi connectivity index (χ0v) is 12.6. The van der Waals surface area contributed by atoms with Gasteiger partial charge in [0.1, 0.15) is 11.6 Å². The molecule has 2 aromatic carbocycles. The van der Waals surface area contributed by atoms with Gasteiger partial charge in [0, 0.05) is 24.8 Å². The van der Waals surface area contributed by atoms with Crippen molar-refractivity contribution in [2.45, 2.75) is 32.6 Å². The van der Waals surface area contributed by atoms with Gasteiger partial charge in [0.25, 0.3) is 0 Å². The molecular formula is C19H19FO2. The van der Waals surface area contributed by atoms with E-state index in [1.807, 2.05) is 19.1 Å². The molecule has 0 N–H and O–H groups in total. The number of benzene rings is 2. The molecule has 0 aliphatic rings. The largest absolute Gasteiger partial charge is 0.299 e. The van der Waals surface area contributed by atoms with Gasteiger partial charge in [0.05, 0.1) is 0 Å². The third-order valence-corrected chi connectivity index (χ3v) is 3.47. The fraction of sp³-hybridized carbons (Fsp3) is 0.263. The Balaban J connectivity index is 1.94. The fourth-order valence-electron chi connectivity index (χ4n) is 2.30. The van der Waals surface area contributed by atoms with Crippen molar-refractivity contribution in [3.05, 3.63) is 71.0 Å². The van der Waals surface area contributed by atoms with Crippen LogP contribution >= 0.6 is 0 Å².